The fraction of sp³-hybridized carbons (Fsp3) is 0.778. The van der Waals surface area contributed by atoms with E-state index in [1.165, 1.54) is 13.8 Å². The molecule has 14 heavy (non-hydrogen) atoms. The lowest BCUT2D eigenvalue weighted by atomic mass is 10.1. The lowest BCUT2D eigenvalue weighted by Gasteiger charge is -2.39. The largest absolute Gasteiger partial charge is 0.394 e. The quantitative estimate of drug-likeness (QED) is 0.594. The molecule has 0 aromatic rings. The molecule has 0 bridgehead atoms. The molecule has 0 aliphatic carbocycles. The molecule has 1 N–H and O–H groups in total. The van der Waals surface area contributed by atoms with Gasteiger partial charge in [0.15, 0.2) is 0 Å². The van der Waals surface area contributed by atoms with Crippen LogP contribution >= 0.6 is 0 Å². The molecule has 0 radical (unpaired) electrons. The predicted molar refractivity (Wildman–Crippen MR) is 50.5 cm³/mol. The molecule has 2 amide bonds. The third kappa shape index (κ3) is 2.23. The summed E-state index contributed by atoms with van der Waals surface area (Å²) in [7, 11) is 0. The second-order valence-electron chi connectivity index (χ2n) is 3.51. The van der Waals surface area contributed by atoms with E-state index in [0.29, 0.717) is 19.6 Å². The van der Waals surface area contributed by atoms with E-state index in [2.05, 4.69) is 0 Å². The van der Waals surface area contributed by atoms with Crippen LogP contribution < -0.4 is 0 Å². The number of aliphatic hydroxyl groups is 1. The number of nitrogens with zero attached hydrogens (tertiary/aromatic N) is 2. The van der Waals surface area contributed by atoms with Gasteiger partial charge < -0.3 is 14.9 Å². The van der Waals surface area contributed by atoms with Crippen molar-refractivity contribution >= 4 is 11.8 Å². The van der Waals surface area contributed by atoms with E-state index in [1.54, 1.807) is 9.80 Å². The number of carbonyl (C=O) groups excluding carboxylic acids is 2. The van der Waals surface area contributed by atoms with Gasteiger partial charge in [-0.05, 0) is 0 Å². The topological polar surface area (TPSA) is 60.9 Å². The average molecular weight is 200 g/mol. The highest BCUT2D eigenvalue weighted by Gasteiger charge is 2.28. The first-order valence-corrected chi connectivity index (χ1v) is 4.70. The van der Waals surface area contributed by atoms with Crippen LogP contribution in [-0.2, 0) is 9.59 Å². The van der Waals surface area contributed by atoms with E-state index in [9.17, 15) is 9.59 Å². The van der Waals surface area contributed by atoms with Gasteiger partial charge in [0.05, 0.1) is 12.6 Å². The molecular formula is C9H16N2O3. The van der Waals surface area contributed by atoms with Crippen LogP contribution in [0.3, 0.4) is 0 Å². The molecule has 1 atom stereocenters. The minimum atomic E-state index is -0.245. The zero-order valence-electron chi connectivity index (χ0n) is 8.56. The fourth-order valence-electron chi connectivity index (χ4n) is 1.71. The number of carbonyl (C=O) groups is 2. The Morgan fingerprint density at radius 2 is 1.93 bits per heavy atom. The molecular weight excluding hydrogens is 184 g/mol. The molecule has 1 saturated heterocycles. The highest BCUT2D eigenvalue weighted by Crippen LogP contribution is 2.09. The molecule has 1 rings (SSSR count). The van der Waals surface area contributed by atoms with Gasteiger partial charge in [-0.1, -0.05) is 0 Å². The summed E-state index contributed by atoms with van der Waals surface area (Å²) in [5.41, 5.74) is 0. The van der Waals surface area contributed by atoms with Gasteiger partial charge in [-0.2, -0.15) is 0 Å². The van der Waals surface area contributed by atoms with Crippen LogP contribution in [0.15, 0.2) is 0 Å². The molecule has 1 heterocycles. The smallest absolute Gasteiger partial charge is 0.219 e. The minimum absolute atomic E-state index is 0.00773. The number of hydrogen-bond acceptors (Lipinski definition) is 3. The predicted octanol–water partition coefficient (Wildman–Crippen LogP) is -0.942. The molecule has 0 aromatic heterocycles. The minimum Gasteiger partial charge on any atom is -0.394 e. The lowest BCUT2D eigenvalue weighted by molar-refractivity contribution is -0.141. The van der Waals surface area contributed by atoms with Crippen LogP contribution in [0.1, 0.15) is 13.8 Å². The first kappa shape index (κ1) is 11.0. The SMILES string of the molecule is CC(=O)N1CCN(C(C)=O)C(CO)C1. The number of rotatable bonds is 1. The normalized spacial score (nSPS) is 22.4. The Morgan fingerprint density at radius 1 is 1.29 bits per heavy atom. The summed E-state index contributed by atoms with van der Waals surface area (Å²) in [6, 6.07) is -0.245. The van der Waals surface area contributed by atoms with E-state index >= 15 is 0 Å². The van der Waals surface area contributed by atoms with Crippen molar-refractivity contribution in [2.24, 2.45) is 0 Å². The summed E-state index contributed by atoms with van der Waals surface area (Å²) >= 11 is 0. The fourth-order valence-corrected chi connectivity index (χ4v) is 1.71. The van der Waals surface area contributed by atoms with Crippen molar-refractivity contribution in [2.45, 2.75) is 19.9 Å². The van der Waals surface area contributed by atoms with Crippen molar-refractivity contribution in [1.82, 2.24) is 9.80 Å². The van der Waals surface area contributed by atoms with Crippen LogP contribution in [0.5, 0.6) is 0 Å². The van der Waals surface area contributed by atoms with Crippen LogP contribution in [0.2, 0.25) is 0 Å². The average Bonchev–Trinajstić information content (AvgIpc) is 2.16. The van der Waals surface area contributed by atoms with Gasteiger partial charge in [-0.25, -0.2) is 0 Å². The van der Waals surface area contributed by atoms with Crippen molar-refractivity contribution < 1.29 is 14.7 Å². The lowest BCUT2D eigenvalue weighted by Crippen LogP contribution is -2.57. The van der Waals surface area contributed by atoms with Crippen LogP contribution in [-0.4, -0.2) is 59.0 Å². The highest BCUT2D eigenvalue weighted by atomic mass is 16.3. The molecule has 1 unspecified atom stereocenters. The van der Waals surface area contributed by atoms with Gasteiger partial charge >= 0.3 is 0 Å². The summed E-state index contributed by atoms with van der Waals surface area (Å²) in [6.07, 6.45) is 0. The molecule has 5 heteroatoms. The van der Waals surface area contributed by atoms with E-state index in [0.717, 1.165) is 0 Å². The number of hydrogen-bond donors (Lipinski definition) is 1. The zero-order chi connectivity index (χ0) is 10.7. The van der Waals surface area contributed by atoms with Crippen LogP contribution in [0, 0.1) is 0 Å². The first-order valence-electron chi connectivity index (χ1n) is 4.70. The Labute approximate surface area is 83.3 Å². The number of piperazine rings is 1. The maximum absolute atomic E-state index is 11.2. The third-order valence-corrected chi connectivity index (χ3v) is 2.54. The van der Waals surface area contributed by atoms with Crippen molar-refractivity contribution in [1.29, 1.82) is 0 Å². The summed E-state index contributed by atoms with van der Waals surface area (Å²) in [4.78, 5) is 25.5. The summed E-state index contributed by atoms with van der Waals surface area (Å²) in [5.74, 6) is -0.0566. The van der Waals surface area contributed by atoms with Crippen molar-refractivity contribution in [3.63, 3.8) is 0 Å². The number of amides is 2. The van der Waals surface area contributed by atoms with Gasteiger partial charge in [0.25, 0.3) is 0 Å². The maximum atomic E-state index is 11.2. The van der Waals surface area contributed by atoms with Gasteiger partial charge in [0.1, 0.15) is 0 Å². The molecule has 0 aromatic carbocycles. The second kappa shape index (κ2) is 4.41. The molecule has 0 spiro atoms. The van der Waals surface area contributed by atoms with E-state index in [-0.39, 0.29) is 24.5 Å². The summed E-state index contributed by atoms with van der Waals surface area (Å²) in [6.45, 7) is 4.39. The Kier molecular flexibility index (Phi) is 3.46. The zero-order valence-corrected chi connectivity index (χ0v) is 8.56. The monoisotopic (exact) mass is 200 g/mol. The van der Waals surface area contributed by atoms with Crippen molar-refractivity contribution in [3.8, 4) is 0 Å². The summed E-state index contributed by atoms with van der Waals surface area (Å²) < 4.78 is 0. The third-order valence-electron chi connectivity index (χ3n) is 2.54. The number of aliphatic hydroxyl groups excluding tert-OH is 1. The van der Waals surface area contributed by atoms with Gasteiger partial charge in [0, 0.05) is 33.5 Å². The van der Waals surface area contributed by atoms with Crippen LogP contribution in [0.25, 0.3) is 0 Å². The Morgan fingerprint density at radius 3 is 2.36 bits per heavy atom. The maximum Gasteiger partial charge on any atom is 0.219 e. The molecule has 1 aliphatic rings. The second-order valence-corrected chi connectivity index (χ2v) is 3.51. The Bertz CT molecular complexity index is 242. The molecule has 0 saturated carbocycles. The molecule has 1 fully saturated rings. The highest BCUT2D eigenvalue weighted by molar-refractivity contribution is 5.76. The van der Waals surface area contributed by atoms with Crippen LogP contribution in [0.4, 0.5) is 0 Å². The van der Waals surface area contributed by atoms with Gasteiger partial charge in [-0.3, -0.25) is 9.59 Å². The first-order chi connectivity index (χ1) is 6.56. The van der Waals surface area contributed by atoms with Gasteiger partial charge in [-0.15, -0.1) is 0 Å². The van der Waals surface area contributed by atoms with Crippen molar-refractivity contribution in [2.75, 3.05) is 26.2 Å². The van der Waals surface area contributed by atoms with Gasteiger partial charge in [0.2, 0.25) is 11.8 Å². The van der Waals surface area contributed by atoms with E-state index in [4.69, 9.17) is 5.11 Å². The molecule has 80 valence electrons. The van der Waals surface area contributed by atoms with E-state index < -0.39 is 0 Å². The summed E-state index contributed by atoms with van der Waals surface area (Å²) in [5, 5.41) is 9.08. The Balaban J connectivity index is 2.63. The van der Waals surface area contributed by atoms with E-state index in [1.807, 2.05) is 0 Å². The Hall–Kier alpha value is -1.10. The van der Waals surface area contributed by atoms with Crippen molar-refractivity contribution in [3.05, 3.63) is 0 Å². The molecule has 1 aliphatic heterocycles. The molecule has 5 nitrogen and oxygen atoms in total. The standard InChI is InChI=1S/C9H16N2O3/c1-7(13)10-3-4-11(8(2)14)9(5-10)6-12/h9,12H,3-6H2,1-2H3.